The number of likely N-dealkylation sites (tertiary alicyclic amines) is 1. The molecule has 160 valence electrons. The highest BCUT2D eigenvalue weighted by atomic mass is 32.1. The Hall–Kier alpha value is -2.66. The van der Waals surface area contributed by atoms with E-state index in [1.54, 1.807) is 45.2 Å². The maximum absolute atomic E-state index is 15.5. The normalized spacial score (nSPS) is 19.3. The minimum Gasteiger partial charge on any atom is -0.490 e. The summed E-state index contributed by atoms with van der Waals surface area (Å²) in [6.07, 6.45) is 2.07. The molecule has 1 amide bonds. The number of benzene rings is 1. The summed E-state index contributed by atoms with van der Waals surface area (Å²) in [5, 5.41) is 10.1. The molecular weight excluding hydrogens is 405 g/mol. The summed E-state index contributed by atoms with van der Waals surface area (Å²) in [6, 6.07) is 7.19. The Morgan fingerprint density at radius 1 is 1.40 bits per heavy atom. The monoisotopic (exact) mass is 431 g/mol. The molecule has 1 aromatic carbocycles. The molecule has 2 heterocycles. The molecule has 1 saturated heterocycles. The zero-order chi connectivity index (χ0) is 21.9. The quantitative estimate of drug-likeness (QED) is 0.673. The fourth-order valence-electron chi connectivity index (χ4n) is 3.26. The molecule has 1 unspecified atom stereocenters. The summed E-state index contributed by atoms with van der Waals surface area (Å²) in [7, 11) is 0. The lowest BCUT2D eigenvalue weighted by Gasteiger charge is -2.37. The van der Waals surface area contributed by atoms with E-state index < -0.39 is 17.4 Å². The van der Waals surface area contributed by atoms with Gasteiger partial charge in [0, 0.05) is 23.2 Å². The average molecular weight is 432 g/mol. The zero-order valence-electron chi connectivity index (χ0n) is 17.7. The molecule has 3 rings (SSSR count). The summed E-state index contributed by atoms with van der Waals surface area (Å²) in [5.74, 6) is 0.406. The Labute approximate surface area is 180 Å². The number of carbonyl (C=O) groups is 1. The van der Waals surface area contributed by atoms with Gasteiger partial charge in [0.2, 0.25) is 0 Å². The minimum absolute atomic E-state index is 0.0849. The molecule has 1 fully saturated rings. The lowest BCUT2D eigenvalue weighted by molar-refractivity contribution is -0.0191. The zero-order valence-corrected chi connectivity index (χ0v) is 18.5. The van der Waals surface area contributed by atoms with Crippen molar-refractivity contribution in [2.24, 2.45) is 0 Å². The Bertz CT molecular complexity index is 963. The number of ether oxygens (including phenoxy) is 2. The van der Waals surface area contributed by atoms with Crippen molar-refractivity contribution in [1.82, 2.24) is 9.88 Å². The molecule has 1 aliphatic heterocycles. The molecule has 6 nitrogen and oxygen atoms in total. The summed E-state index contributed by atoms with van der Waals surface area (Å²) in [5.41, 5.74) is -1.14. The standard InChI is InChI=1S/C22H26FN3O3S/c1-15-12-25-19(30-15)17-8-16(11-24)9-18(10-17)28-14-22(23)6-5-7-26(13-22)20(27)29-21(2,3)4/h8-10,12H,5-7,13-14H2,1-4H3. The number of piperidine rings is 1. The van der Waals surface area contributed by atoms with Crippen LogP contribution in [0, 0.1) is 18.3 Å². The second-order valence-corrected chi connectivity index (χ2v) is 9.81. The van der Waals surface area contributed by atoms with Crippen LogP contribution in [0.25, 0.3) is 10.6 Å². The van der Waals surface area contributed by atoms with Crippen LogP contribution in [0.1, 0.15) is 44.1 Å². The number of hydrogen-bond acceptors (Lipinski definition) is 6. The molecule has 30 heavy (non-hydrogen) atoms. The van der Waals surface area contributed by atoms with Crippen LogP contribution in [-0.4, -0.2) is 46.9 Å². The highest BCUT2D eigenvalue weighted by Gasteiger charge is 2.39. The number of aryl methyl sites for hydroxylation is 1. The van der Waals surface area contributed by atoms with Gasteiger partial charge in [0.25, 0.3) is 0 Å². The number of aromatic nitrogens is 1. The third-order valence-electron chi connectivity index (χ3n) is 4.58. The molecule has 8 heteroatoms. The lowest BCUT2D eigenvalue weighted by Crippen LogP contribution is -2.51. The minimum atomic E-state index is -1.68. The lowest BCUT2D eigenvalue weighted by atomic mass is 9.96. The highest BCUT2D eigenvalue weighted by Crippen LogP contribution is 2.31. The van der Waals surface area contributed by atoms with Gasteiger partial charge in [-0.05, 0) is 58.7 Å². The number of amides is 1. The molecule has 1 aliphatic rings. The Balaban J connectivity index is 1.71. The number of carbonyl (C=O) groups excluding carboxylic acids is 1. The van der Waals surface area contributed by atoms with Crippen LogP contribution in [-0.2, 0) is 4.74 Å². The fraction of sp³-hybridized carbons (Fsp3) is 0.500. The number of alkyl halides is 1. The second-order valence-electron chi connectivity index (χ2n) is 8.58. The van der Waals surface area contributed by atoms with Gasteiger partial charge < -0.3 is 14.4 Å². The van der Waals surface area contributed by atoms with Gasteiger partial charge >= 0.3 is 6.09 Å². The number of rotatable bonds is 4. The van der Waals surface area contributed by atoms with Gasteiger partial charge in [-0.25, -0.2) is 14.2 Å². The van der Waals surface area contributed by atoms with E-state index in [1.165, 1.54) is 16.2 Å². The molecule has 0 saturated carbocycles. The van der Waals surface area contributed by atoms with Crippen molar-refractivity contribution in [3.8, 4) is 22.4 Å². The summed E-state index contributed by atoms with van der Waals surface area (Å²) < 4.78 is 26.6. The summed E-state index contributed by atoms with van der Waals surface area (Å²) >= 11 is 1.51. The Morgan fingerprint density at radius 3 is 2.80 bits per heavy atom. The average Bonchev–Trinajstić information content (AvgIpc) is 3.11. The highest BCUT2D eigenvalue weighted by molar-refractivity contribution is 7.14. The molecule has 1 atom stereocenters. The van der Waals surface area contributed by atoms with Crippen molar-refractivity contribution in [1.29, 1.82) is 5.26 Å². The molecule has 0 N–H and O–H groups in total. The molecule has 0 radical (unpaired) electrons. The van der Waals surface area contributed by atoms with E-state index in [2.05, 4.69) is 11.1 Å². The largest absolute Gasteiger partial charge is 0.490 e. The number of nitrogens with zero attached hydrogens (tertiary/aromatic N) is 3. The Morgan fingerprint density at radius 2 is 2.17 bits per heavy atom. The molecule has 0 aliphatic carbocycles. The number of hydrogen-bond donors (Lipinski definition) is 0. The van der Waals surface area contributed by atoms with Gasteiger partial charge in [-0.15, -0.1) is 11.3 Å². The third kappa shape index (κ3) is 5.70. The SMILES string of the molecule is Cc1cnc(-c2cc(C#N)cc(OCC3(F)CCCN(C(=O)OC(C)(C)C)C3)c2)s1. The van der Waals surface area contributed by atoms with Gasteiger partial charge in [-0.1, -0.05) is 0 Å². The molecule has 0 bridgehead atoms. The van der Waals surface area contributed by atoms with Crippen LogP contribution in [0.2, 0.25) is 0 Å². The topological polar surface area (TPSA) is 75.5 Å². The van der Waals surface area contributed by atoms with Crippen molar-refractivity contribution in [3.63, 3.8) is 0 Å². The first-order chi connectivity index (χ1) is 14.1. The van der Waals surface area contributed by atoms with E-state index >= 15 is 4.39 Å². The van der Waals surface area contributed by atoms with Crippen LogP contribution < -0.4 is 4.74 Å². The van der Waals surface area contributed by atoms with Gasteiger partial charge in [0.15, 0.2) is 5.67 Å². The van der Waals surface area contributed by atoms with Crippen LogP contribution in [0.5, 0.6) is 5.75 Å². The van der Waals surface area contributed by atoms with Crippen LogP contribution in [0.4, 0.5) is 9.18 Å². The van der Waals surface area contributed by atoms with Crippen LogP contribution in [0.3, 0.4) is 0 Å². The molecular formula is C22H26FN3O3S. The third-order valence-corrected chi connectivity index (χ3v) is 5.54. The maximum Gasteiger partial charge on any atom is 0.410 e. The number of thiazole rings is 1. The molecule has 1 aromatic heterocycles. The predicted molar refractivity (Wildman–Crippen MR) is 113 cm³/mol. The molecule has 2 aromatic rings. The van der Waals surface area contributed by atoms with Crippen molar-refractivity contribution in [2.45, 2.75) is 51.8 Å². The first-order valence-corrected chi connectivity index (χ1v) is 10.7. The van der Waals surface area contributed by atoms with Crippen LogP contribution >= 0.6 is 11.3 Å². The van der Waals surface area contributed by atoms with Gasteiger partial charge in [0.05, 0.1) is 18.2 Å². The Kier molecular flexibility index (Phi) is 6.32. The van der Waals surface area contributed by atoms with E-state index in [0.29, 0.717) is 30.7 Å². The van der Waals surface area contributed by atoms with Gasteiger partial charge in [-0.3, -0.25) is 0 Å². The van der Waals surface area contributed by atoms with Crippen molar-refractivity contribution in [2.75, 3.05) is 19.7 Å². The molecule has 0 spiro atoms. The fourth-order valence-corrected chi connectivity index (χ4v) is 4.01. The number of nitriles is 1. The van der Waals surface area contributed by atoms with Gasteiger partial charge in [0.1, 0.15) is 23.0 Å². The van der Waals surface area contributed by atoms with Crippen molar-refractivity contribution >= 4 is 17.4 Å². The maximum atomic E-state index is 15.5. The summed E-state index contributed by atoms with van der Waals surface area (Å²) in [4.78, 5) is 19.1. The van der Waals surface area contributed by atoms with Crippen LogP contribution in [0.15, 0.2) is 24.4 Å². The van der Waals surface area contributed by atoms with E-state index in [4.69, 9.17) is 9.47 Å². The van der Waals surface area contributed by atoms with E-state index in [-0.39, 0.29) is 13.2 Å². The smallest absolute Gasteiger partial charge is 0.410 e. The van der Waals surface area contributed by atoms with E-state index in [1.807, 2.05) is 6.92 Å². The van der Waals surface area contributed by atoms with Crippen molar-refractivity contribution < 1.29 is 18.7 Å². The predicted octanol–water partition coefficient (Wildman–Crippen LogP) is 5.11. The summed E-state index contributed by atoms with van der Waals surface area (Å²) in [6.45, 7) is 7.46. The first kappa shape index (κ1) is 22.0. The van der Waals surface area contributed by atoms with Gasteiger partial charge in [-0.2, -0.15) is 5.26 Å². The van der Waals surface area contributed by atoms with Crippen molar-refractivity contribution in [3.05, 3.63) is 34.8 Å². The first-order valence-electron chi connectivity index (χ1n) is 9.85. The van der Waals surface area contributed by atoms with E-state index in [0.717, 1.165) is 15.4 Å². The van der Waals surface area contributed by atoms with E-state index in [9.17, 15) is 10.1 Å². The number of halogens is 1. The second kappa shape index (κ2) is 8.60.